The number of rotatable bonds is 4. The van der Waals surface area contributed by atoms with Gasteiger partial charge in [0.05, 0.1) is 0 Å². The lowest BCUT2D eigenvalue weighted by atomic mass is 10.1. The number of benzene rings is 2. The monoisotopic (exact) mass is 279 g/mol. The zero-order chi connectivity index (χ0) is 13.0. The summed E-state index contributed by atoms with van der Waals surface area (Å²) in [7, 11) is 0. The van der Waals surface area contributed by atoms with E-state index in [1.165, 1.54) is 5.56 Å². The summed E-state index contributed by atoms with van der Waals surface area (Å²) < 4.78 is 0. The molecule has 0 radical (unpaired) electrons. The molecular weight excluding hydrogens is 265 g/mol. The first-order chi connectivity index (χ1) is 8.65. The first-order valence-electron chi connectivity index (χ1n) is 5.88. The van der Waals surface area contributed by atoms with Crippen molar-refractivity contribution in [1.82, 2.24) is 5.32 Å². The fourth-order valence-electron chi connectivity index (χ4n) is 1.84. The van der Waals surface area contributed by atoms with Gasteiger partial charge >= 0.3 is 0 Å². The summed E-state index contributed by atoms with van der Waals surface area (Å²) in [5.41, 5.74) is 2.36. The second-order valence-electron chi connectivity index (χ2n) is 4.29. The highest BCUT2D eigenvalue weighted by molar-refractivity contribution is 6.34. The van der Waals surface area contributed by atoms with E-state index in [0.29, 0.717) is 16.1 Å². The van der Waals surface area contributed by atoms with E-state index in [4.69, 9.17) is 23.2 Å². The Balaban J connectivity index is 1.99. The van der Waals surface area contributed by atoms with Crippen LogP contribution in [0, 0.1) is 0 Å². The zero-order valence-electron chi connectivity index (χ0n) is 10.2. The van der Waals surface area contributed by atoms with Crippen molar-refractivity contribution in [3.05, 3.63) is 69.7 Å². The van der Waals surface area contributed by atoms with Crippen LogP contribution in [0.3, 0.4) is 0 Å². The molecule has 2 aromatic rings. The molecule has 1 N–H and O–H groups in total. The Kier molecular flexibility index (Phi) is 4.65. The van der Waals surface area contributed by atoms with E-state index < -0.39 is 0 Å². The van der Waals surface area contributed by atoms with E-state index in [2.05, 4.69) is 24.4 Å². The van der Waals surface area contributed by atoms with Crippen LogP contribution in [0.2, 0.25) is 10.0 Å². The highest BCUT2D eigenvalue weighted by Crippen LogP contribution is 2.20. The fraction of sp³-hybridized carbons (Fsp3) is 0.200. The molecule has 3 heteroatoms. The van der Waals surface area contributed by atoms with Gasteiger partial charge in [0.15, 0.2) is 0 Å². The maximum absolute atomic E-state index is 5.97. The predicted octanol–water partition coefficient (Wildman–Crippen LogP) is 4.84. The van der Waals surface area contributed by atoms with Crippen LogP contribution in [0.1, 0.15) is 24.1 Å². The third-order valence-electron chi connectivity index (χ3n) is 2.83. The van der Waals surface area contributed by atoms with Gasteiger partial charge in [-0.25, -0.2) is 0 Å². The fourth-order valence-corrected chi connectivity index (χ4v) is 2.41. The quantitative estimate of drug-likeness (QED) is 0.844. The van der Waals surface area contributed by atoms with Gasteiger partial charge in [0.25, 0.3) is 0 Å². The van der Waals surface area contributed by atoms with E-state index in [1.54, 1.807) is 6.07 Å². The number of hydrogen-bond donors (Lipinski definition) is 1. The Morgan fingerprint density at radius 1 is 1.00 bits per heavy atom. The minimum absolute atomic E-state index is 0.295. The van der Waals surface area contributed by atoms with Crippen molar-refractivity contribution < 1.29 is 0 Å². The maximum Gasteiger partial charge on any atom is 0.0424 e. The molecule has 0 fully saturated rings. The van der Waals surface area contributed by atoms with Crippen molar-refractivity contribution in [2.45, 2.75) is 19.5 Å². The average Bonchev–Trinajstić information content (AvgIpc) is 2.36. The summed E-state index contributed by atoms with van der Waals surface area (Å²) in [6.45, 7) is 2.89. The molecule has 0 aliphatic rings. The topological polar surface area (TPSA) is 12.0 Å². The van der Waals surface area contributed by atoms with E-state index in [9.17, 15) is 0 Å². The maximum atomic E-state index is 5.97. The first kappa shape index (κ1) is 13.4. The van der Waals surface area contributed by atoms with Crippen LogP contribution in [0.5, 0.6) is 0 Å². The van der Waals surface area contributed by atoms with Crippen LogP contribution in [0.25, 0.3) is 0 Å². The minimum atomic E-state index is 0.295. The van der Waals surface area contributed by atoms with E-state index in [1.807, 2.05) is 30.3 Å². The smallest absolute Gasteiger partial charge is 0.0424 e. The van der Waals surface area contributed by atoms with Crippen molar-refractivity contribution >= 4 is 23.2 Å². The molecule has 0 aliphatic carbocycles. The molecular formula is C15H15Cl2N. The lowest BCUT2D eigenvalue weighted by Crippen LogP contribution is -2.17. The largest absolute Gasteiger partial charge is 0.306 e. The van der Waals surface area contributed by atoms with Crippen LogP contribution >= 0.6 is 23.2 Å². The Hall–Kier alpha value is -1.02. The highest BCUT2D eigenvalue weighted by Gasteiger charge is 2.04. The van der Waals surface area contributed by atoms with Crippen LogP contribution in [0.15, 0.2) is 48.5 Å². The molecule has 0 spiro atoms. The van der Waals surface area contributed by atoms with Crippen molar-refractivity contribution in [2.75, 3.05) is 0 Å². The molecule has 1 nitrogen and oxygen atoms in total. The van der Waals surface area contributed by atoms with Crippen LogP contribution in [-0.2, 0) is 6.54 Å². The van der Waals surface area contributed by atoms with Crippen LogP contribution in [0.4, 0.5) is 0 Å². The van der Waals surface area contributed by atoms with Crippen LogP contribution < -0.4 is 5.32 Å². The second kappa shape index (κ2) is 6.24. The van der Waals surface area contributed by atoms with Gasteiger partial charge in [-0.2, -0.15) is 0 Å². The molecule has 1 atom stereocenters. The Morgan fingerprint density at radius 3 is 2.22 bits per heavy atom. The highest BCUT2D eigenvalue weighted by atomic mass is 35.5. The van der Waals surface area contributed by atoms with Gasteiger partial charge < -0.3 is 5.32 Å². The van der Waals surface area contributed by atoms with E-state index >= 15 is 0 Å². The molecule has 0 amide bonds. The standard InChI is InChI=1S/C15H15Cl2N/c1-11(13-5-3-2-4-6-13)18-10-12-7-14(16)9-15(17)8-12/h2-9,11,18H,10H2,1H3/t11-/m1/s1. The van der Waals surface area contributed by atoms with Crippen molar-refractivity contribution in [3.8, 4) is 0 Å². The molecule has 0 unspecified atom stereocenters. The van der Waals surface area contributed by atoms with Crippen LogP contribution in [-0.4, -0.2) is 0 Å². The van der Waals surface area contributed by atoms with Gasteiger partial charge in [0.2, 0.25) is 0 Å². The molecule has 0 bridgehead atoms. The number of nitrogens with one attached hydrogen (secondary N) is 1. The van der Waals surface area contributed by atoms with Gasteiger partial charge in [-0.05, 0) is 36.2 Å². The predicted molar refractivity (Wildman–Crippen MR) is 78.2 cm³/mol. The molecule has 0 aliphatic heterocycles. The van der Waals surface area contributed by atoms with Gasteiger partial charge in [0.1, 0.15) is 0 Å². The van der Waals surface area contributed by atoms with Crippen molar-refractivity contribution in [3.63, 3.8) is 0 Å². The minimum Gasteiger partial charge on any atom is -0.306 e. The molecule has 0 saturated carbocycles. The van der Waals surface area contributed by atoms with Gasteiger partial charge in [-0.1, -0.05) is 53.5 Å². The van der Waals surface area contributed by atoms with Gasteiger partial charge in [0, 0.05) is 22.6 Å². The Morgan fingerprint density at radius 2 is 1.61 bits per heavy atom. The summed E-state index contributed by atoms with van der Waals surface area (Å²) in [6, 6.07) is 16.2. The summed E-state index contributed by atoms with van der Waals surface area (Å²) in [5.74, 6) is 0. The van der Waals surface area contributed by atoms with Gasteiger partial charge in [-0.15, -0.1) is 0 Å². The Labute approximate surface area is 118 Å². The third-order valence-corrected chi connectivity index (χ3v) is 3.27. The molecule has 0 heterocycles. The normalized spacial score (nSPS) is 12.4. The first-order valence-corrected chi connectivity index (χ1v) is 6.64. The SMILES string of the molecule is C[C@@H](NCc1cc(Cl)cc(Cl)c1)c1ccccc1. The second-order valence-corrected chi connectivity index (χ2v) is 5.16. The summed E-state index contributed by atoms with van der Waals surface area (Å²) in [6.07, 6.45) is 0. The van der Waals surface area contributed by atoms with Gasteiger partial charge in [-0.3, -0.25) is 0 Å². The zero-order valence-corrected chi connectivity index (χ0v) is 11.7. The lowest BCUT2D eigenvalue weighted by Gasteiger charge is -2.14. The van der Waals surface area contributed by atoms with Crippen molar-refractivity contribution in [1.29, 1.82) is 0 Å². The molecule has 0 saturated heterocycles. The van der Waals surface area contributed by atoms with E-state index in [0.717, 1.165) is 12.1 Å². The molecule has 2 aromatic carbocycles. The molecule has 0 aromatic heterocycles. The Bertz CT molecular complexity index is 491. The van der Waals surface area contributed by atoms with E-state index in [-0.39, 0.29) is 0 Å². The number of halogens is 2. The van der Waals surface area contributed by atoms with Crippen molar-refractivity contribution in [2.24, 2.45) is 0 Å². The molecule has 18 heavy (non-hydrogen) atoms. The third kappa shape index (κ3) is 3.74. The summed E-state index contributed by atoms with van der Waals surface area (Å²) in [5, 5.41) is 4.80. The molecule has 94 valence electrons. The molecule has 2 rings (SSSR count). The number of hydrogen-bond acceptors (Lipinski definition) is 1. The summed E-state index contributed by atoms with van der Waals surface area (Å²) >= 11 is 11.9. The summed E-state index contributed by atoms with van der Waals surface area (Å²) in [4.78, 5) is 0. The average molecular weight is 280 g/mol. The lowest BCUT2D eigenvalue weighted by molar-refractivity contribution is 0.575.